The Morgan fingerprint density at radius 1 is 1.36 bits per heavy atom. The average Bonchev–Trinajstić information content (AvgIpc) is 1.94. The molecule has 11 heavy (non-hydrogen) atoms. The Hall–Kier alpha value is -0.380. The lowest BCUT2D eigenvalue weighted by atomic mass is 10.1. The maximum Gasteiger partial charge on any atom is 0.222 e. The number of benzene rings is 1. The fourth-order valence-electron chi connectivity index (χ4n) is 0.964. The van der Waals surface area contributed by atoms with Gasteiger partial charge < -0.3 is 0 Å². The maximum atomic E-state index is 11.0. The minimum atomic E-state index is 0.115. The van der Waals surface area contributed by atoms with E-state index >= 15 is 0 Å². The van der Waals surface area contributed by atoms with Crippen molar-refractivity contribution in [2.75, 3.05) is 0 Å². The zero-order valence-electron chi connectivity index (χ0n) is 6.52. The van der Waals surface area contributed by atoms with E-state index in [-0.39, 0.29) is 3.79 Å². The predicted octanol–water partition coefficient (Wildman–Crippen LogP) is 2.88. The van der Waals surface area contributed by atoms with Crippen molar-refractivity contribution in [1.29, 1.82) is 0 Å². The molecule has 1 aromatic rings. The Morgan fingerprint density at radius 3 is 2.45 bits per heavy atom. The Morgan fingerprint density at radius 2 is 2.00 bits per heavy atom. The van der Waals surface area contributed by atoms with Gasteiger partial charge in [-0.05, 0) is 25.0 Å². The van der Waals surface area contributed by atoms with Crippen LogP contribution in [0, 0.1) is 13.8 Å². The largest absolute Gasteiger partial charge is 0.282 e. The number of hydrogen-bond donors (Lipinski definition) is 0. The molecule has 0 bridgehead atoms. The molecule has 2 heteroatoms. The molecular formula is C9H9IO. The van der Waals surface area contributed by atoms with E-state index in [0.29, 0.717) is 0 Å². The zero-order chi connectivity index (χ0) is 8.43. The van der Waals surface area contributed by atoms with Gasteiger partial charge in [0, 0.05) is 28.2 Å². The Bertz CT molecular complexity index is 292. The first-order chi connectivity index (χ1) is 5.13. The summed E-state index contributed by atoms with van der Waals surface area (Å²) in [6, 6.07) is 5.78. The number of carbonyl (C=O) groups is 1. The second-order valence-corrected chi connectivity index (χ2v) is 3.50. The third kappa shape index (κ3) is 1.80. The van der Waals surface area contributed by atoms with Crippen molar-refractivity contribution in [3.63, 3.8) is 0 Å². The van der Waals surface area contributed by atoms with Crippen molar-refractivity contribution in [1.82, 2.24) is 0 Å². The van der Waals surface area contributed by atoms with Gasteiger partial charge in [-0.15, -0.1) is 0 Å². The summed E-state index contributed by atoms with van der Waals surface area (Å²) in [4.78, 5) is 11.0. The summed E-state index contributed by atoms with van der Waals surface area (Å²) < 4.78 is 0.115. The average molecular weight is 260 g/mol. The van der Waals surface area contributed by atoms with Crippen LogP contribution in [-0.4, -0.2) is 3.79 Å². The lowest BCUT2D eigenvalue weighted by Crippen LogP contribution is -1.93. The quantitative estimate of drug-likeness (QED) is 0.560. The first-order valence-corrected chi connectivity index (χ1v) is 4.47. The molecule has 0 spiro atoms. The molecule has 0 aliphatic heterocycles. The second kappa shape index (κ2) is 3.34. The highest BCUT2D eigenvalue weighted by molar-refractivity contribution is 14.1. The minimum absolute atomic E-state index is 0.115. The van der Waals surface area contributed by atoms with E-state index in [9.17, 15) is 4.79 Å². The Labute approximate surface area is 79.9 Å². The number of hydrogen-bond acceptors (Lipinski definition) is 1. The molecule has 0 atom stereocenters. The van der Waals surface area contributed by atoms with Crippen LogP contribution in [0.15, 0.2) is 18.2 Å². The van der Waals surface area contributed by atoms with E-state index in [2.05, 4.69) is 0 Å². The van der Waals surface area contributed by atoms with Gasteiger partial charge >= 0.3 is 0 Å². The van der Waals surface area contributed by atoms with Crippen molar-refractivity contribution in [2.24, 2.45) is 0 Å². The molecule has 0 aromatic heterocycles. The molecule has 0 saturated heterocycles. The molecule has 58 valence electrons. The van der Waals surface area contributed by atoms with Crippen LogP contribution in [0.5, 0.6) is 0 Å². The third-order valence-corrected chi connectivity index (χ3v) is 2.40. The van der Waals surface area contributed by atoms with E-state index in [4.69, 9.17) is 0 Å². The smallest absolute Gasteiger partial charge is 0.222 e. The molecule has 1 aromatic carbocycles. The molecule has 0 unspecified atom stereocenters. The molecule has 0 heterocycles. The van der Waals surface area contributed by atoms with E-state index in [1.165, 1.54) is 5.56 Å². The van der Waals surface area contributed by atoms with E-state index in [1.807, 2.05) is 54.6 Å². The summed E-state index contributed by atoms with van der Waals surface area (Å²) in [7, 11) is 0. The Balaban J connectivity index is 3.27. The molecule has 0 amide bonds. The van der Waals surface area contributed by atoms with Crippen LogP contribution in [-0.2, 0) is 0 Å². The number of carbonyl (C=O) groups excluding carboxylic acids is 1. The maximum absolute atomic E-state index is 11.0. The standard InChI is InChI=1S/C9H9IO/c1-6-4-3-5-8(7(6)2)9(10)11/h3-5H,1-2H3. The lowest BCUT2D eigenvalue weighted by Gasteiger charge is -2.02. The second-order valence-electron chi connectivity index (χ2n) is 2.52. The fourth-order valence-corrected chi connectivity index (χ4v) is 1.55. The molecule has 1 rings (SSSR count). The first kappa shape index (κ1) is 8.71. The number of aryl methyl sites for hydroxylation is 1. The zero-order valence-corrected chi connectivity index (χ0v) is 8.68. The molecule has 0 fully saturated rings. The van der Waals surface area contributed by atoms with Gasteiger partial charge in [-0.1, -0.05) is 18.2 Å². The topological polar surface area (TPSA) is 17.1 Å². The highest BCUT2D eigenvalue weighted by Crippen LogP contribution is 2.15. The van der Waals surface area contributed by atoms with Crippen LogP contribution in [0.2, 0.25) is 0 Å². The van der Waals surface area contributed by atoms with Gasteiger partial charge in [0.05, 0.1) is 0 Å². The minimum Gasteiger partial charge on any atom is -0.282 e. The molecule has 0 radical (unpaired) electrons. The molecule has 0 N–H and O–H groups in total. The van der Waals surface area contributed by atoms with E-state index < -0.39 is 0 Å². The van der Waals surface area contributed by atoms with Crippen molar-refractivity contribution in [2.45, 2.75) is 13.8 Å². The van der Waals surface area contributed by atoms with Crippen LogP contribution >= 0.6 is 22.6 Å². The highest BCUT2D eigenvalue weighted by Gasteiger charge is 2.04. The van der Waals surface area contributed by atoms with Crippen molar-refractivity contribution in [3.8, 4) is 0 Å². The highest BCUT2D eigenvalue weighted by atomic mass is 127. The van der Waals surface area contributed by atoms with Crippen LogP contribution < -0.4 is 0 Å². The molecule has 1 nitrogen and oxygen atoms in total. The van der Waals surface area contributed by atoms with Gasteiger partial charge in [-0.25, -0.2) is 0 Å². The van der Waals surface area contributed by atoms with Gasteiger partial charge in [0.15, 0.2) is 0 Å². The monoisotopic (exact) mass is 260 g/mol. The molecule has 0 aliphatic rings. The van der Waals surface area contributed by atoms with Crippen molar-refractivity contribution >= 4 is 26.4 Å². The SMILES string of the molecule is Cc1cccc(C(=O)I)c1C. The van der Waals surface area contributed by atoms with Gasteiger partial charge in [0.1, 0.15) is 0 Å². The first-order valence-electron chi connectivity index (χ1n) is 3.39. The van der Waals surface area contributed by atoms with Gasteiger partial charge in [-0.2, -0.15) is 0 Å². The van der Waals surface area contributed by atoms with Crippen LogP contribution in [0.25, 0.3) is 0 Å². The predicted molar refractivity (Wildman–Crippen MR) is 54.3 cm³/mol. The van der Waals surface area contributed by atoms with Gasteiger partial charge in [0.2, 0.25) is 3.79 Å². The normalized spacial score (nSPS) is 9.73. The summed E-state index contributed by atoms with van der Waals surface area (Å²) in [5.74, 6) is 0. The van der Waals surface area contributed by atoms with E-state index in [0.717, 1.165) is 11.1 Å². The third-order valence-electron chi connectivity index (χ3n) is 1.82. The summed E-state index contributed by atoms with van der Waals surface area (Å²) in [6.45, 7) is 3.99. The van der Waals surface area contributed by atoms with Crippen molar-refractivity contribution < 1.29 is 4.79 Å². The van der Waals surface area contributed by atoms with Crippen LogP contribution in [0.4, 0.5) is 0 Å². The Kier molecular flexibility index (Phi) is 2.65. The molecule has 0 saturated carbocycles. The van der Waals surface area contributed by atoms with Crippen molar-refractivity contribution in [3.05, 3.63) is 34.9 Å². The number of rotatable bonds is 1. The molecular weight excluding hydrogens is 251 g/mol. The summed E-state index contributed by atoms with van der Waals surface area (Å²) in [5.41, 5.74) is 3.09. The summed E-state index contributed by atoms with van der Waals surface area (Å²) >= 11 is 1.81. The van der Waals surface area contributed by atoms with E-state index in [1.54, 1.807) is 0 Å². The van der Waals surface area contributed by atoms with Crippen LogP contribution in [0.3, 0.4) is 0 Å². The van der Waals surface area contributed by atoms with Gasteiger partial charge in [-0.3, -0.25) is 4.79 Å². The lowest BCUT2D eigenvalue weighted by molar-refractivity contribution is 0.110. The summed E-state index contributed by atoms with van der Waals surface area (Å²) in [5, 5.41) is 0. The van der Waals surface area contributed by atoms with Crippen LogP contribution in [0.1, 0.15) is 21.5 Å². The molecule has 0 aliphatic carbocycles. The summed E-state index contributed by atoms with van der Waals surface area (Å²) in [6.07, 6.45) is 0. The fraction of sp³-hybridized carbons (Fsp3) is 0.222. The number of halogens is 1. The van der Waals surface area contributed by atoms with Gasteiger partial charge in [0.25, 0.3) is 0 Å².